The minimum atomic E-state index is -4.36. The summed E-state index contributed by atoms with van der Waals surface area (Å²) in [6, 6.07) is 16.0. The number of hydrogen-bond donors (Lipinski definition) is 2. The Balaban J connectivity index is 0.00000341. The summed E-state index contributed by atoms with van der Waals surface area (Å²) in [6.07, 6.45) is -2.77. The van der Waals surface area contributed by atoms with Crippen LogP contribution in [0.25, 0.3) is 11.5 Å². The van der Waals surface area contributed by atoms with Crippen LogP contribution in [0.5, 0.6) is 5.75 Å². The first-order valence-electron chi connectivity index (χ1n) is 9.16. The lowest BCUT2D eigenvalue weighted by Crippen LogP contribution is -2.36. The molecule has 2 N–H and O–H groups in total. The fraction of sp³-hybridized carbons (Fsp3) is 0.238. The number of rotatable bonds is 7. The van der Waals surface area contributed by atoms with Crippen molar-refractivity contribution >= 4 is 29.9 Å². The average molecular weight is 546 g/mol. The van der Waals surface area contributed by atoms with Crippen LogP contribution in [0.1, 0.15) is 11.3 Å². The molecule has 6 nitrogen and oxygen atoms in total. The molecule has 0 fully saturated rings. The van der Waals surface area contributed by atoms with Crippen LogP contribution >= 0.6 is 24.0 Å². The van der Waals surface area contributed by atoms with E-state index in [0.717, 1.165) is 16.8 Å². The van der Waals surface area contributed by atoms with Gasteiger partial charge in [0.2, 0.25) is 5.89 Å². The maximum Gasteiger partial charge on any atom is 0.422 e. The number of guanidine groups is 1. The number of halogens is 4. The van der Waals surface area contributed by atoms with Crippen LogP contribution in [-0.4, -0.2) is 30.8 Å². The van der Waals surface area contributed by atoms with Gasteiger partial charge in [0.15, 0.2) is 12.6 Å². The van der Waals surface area contributed by atoms with E-state index in [0.29, 0.717) is 24.9 Å². The number of benzene rings is 2. The molecule has 0 aliphatic heterocycles. The van der Waals surface area contributed by atoms with Crippen LogP contribution in [0, 0.1) is 0 Å². The Hall–Kier alpha value is -2.76. The van der Waals surface area contributed by atoms with Crippen LogP contribution in [0.15, 0.2) is 70.3 Å². The van der Waals surface area contributed by atoms with Gasteiger partial charge < -0.3 is 19.8 Å². The van der Waals surface area contributed by atoms with Crippen molar-refractivity contribution in [2.24, 2.45) is 4.99 Å². The summed E-state index contributed by atoms with van der Waals surface area (Å²) in [5.41, 5.74) is 2.49. The third-order valence-corrected chi connectivity index (χ3v) is 4.02. The fourth-order valence-electron chi connectivity index (χ4n) is 2.55. The zero-order valence-electron chi connectivity index (χ0n) is 16.6. The van der Waals surface area contributed by atoms with Gasteiger partial charge in [-0.2, -0.15) is 13.2 Å². The number of hydrogen-bond acceptors (Lipinski definition) is 4. The second kappa shape index (κ2) is 11.6. The number of nitrogens with zero attached hydrogens (tertiary/aromatic N) is 2. The predicted molar refractivity (Wildman–Crippen MR) is 122 cm³/mol. The van der Waals surface area contributed by atoms with E-state index < -0.39 is 12.8 Å². The van der Waals surface area contributed by atoms with Crippen molar-refractivity contribution in [1.29, 1.82) is 0 Å². The molecular formula is C21H22F3IN4O2. The van der Waals surface area contributed by atoms with Crippen molar-refractivity contribution in [3.8, 4) is 17.2 Å². The highest BCUT2D eigenvalue weighted by Crippen LogP contribution is 2.19. The molecule has 166 valence electrons. The molecule has 3 aromatic rings. The first kappa shape index (κ1) is 24.5. The van der Waals surface area contributed by atoms with E-state index in [4.69, 9.17) is 9.15 Å². The van der Waals surface area contributed by atoms with Gasteiger partial charge in [0.1, 0.15) is 12.0 Å². The van der Waals surface area contributed by atoms with Crippen LogP contribution in [0.4, 0.5) is 13.2 Å². The van der Waals surface area contributed by atoms with Gasteiger partial charge in [-0.05, 0) is 29.8 Å². The number of nitrogens with one attached hydrogen (secondary N) is 2. The Morgan fingerprint density at radius 3 is 2.35 bits per heavy atom. The van der Waals surface area contributed by atoms with Crippen molar-refractivity contribution in [3.63, 3.8) is 0 Å². The maximum atomic E-state index is 12.2. The Bertz CT molecular complexity index is 961. The van der Waals surface area contributed by atoms with Crippen molar-refractivity contribution in [3.05, 3.63) is 72.1 Å². The van der Waals surface area contributed by atoms with Gasteiger partial charge in [0.05, 0.1) is 12.2 Å². The zero-order chi connectivity index (χ0) is 21.4. The lowest BCUT2D eigenvalue weighted by Gasteiger charge is -2.12. The second-order valence-electron chi connectivity index (χ2n) is 6.34. The molecule has 0 saturated heterocycles. The molecule has 1 heterocycles. The number of oxazole rings is 1. The third-order valence-electron chi connectivity index (χ3n) is 4.02. The monoisotopic (exact) mass is 546 g/mol. The zero-order valence-corrected chi connectivity index (χ0v) is 19.0. The topological polar surface area (TPSA) is 71.7 Å². The molecule has 0 radical (unpaired) electrons. The van der Waals surface area contributed by atoms with Crippen molar-refractivity contribution in [2.45, 2.75) is 19.3 Å². The normalized spacial score (nSPS) is 11.5. The Morgan fingerprint density at radius 2 is 1.71 bits per heavy atom. The summed E-state index contributed by atoms with van der Waals surface area (Å²) in [5.74, 6) is 1.26. The predicted octanol–water partition coefficient (Wildman–Crippen LogP) is 4.77. The molecule has 0 spiro atoms. The average Bonchev–Trinajstić information content (AvgIpc) is 3.22. The molecule has 0 bridgehead atoms. The second-order valence-corrected chi connectivity index (χ2v) is 6.34. The lowest BCUT2D eigenvalue weighted by molar-refractivity contribution is -0.153. The smallest absolute Gasteiger partial charge is 0.422 e. The number of aliphatic imine (C=N–C) groups is 1. The lowest BCUT2D eigenvalue weighted by atomic mass is 10.2. The SMILES string of the molecule is CN=C(NCc1ccc(OCC(F)(F)F)cc1)NCc1coc(-c2ccccc2)n1.I. The first-order chi connectivity index (χ1) is 14.4. The van der Waals surface area contributed by atoms with Crippen LogP contribution in [0.2, 0.25) is 0 Å². The standard InChI is InChI=1S/C21H21F3N4O2.HI/c1-25-20(26-11-15-7-9-18(10-8-15)30-14-21(22,23)24)27-12-17-13-29-19(28-17)16-5-3-2-4-6-16;/h2-10,13H,11-12,14H2,1H3,(H2,25,26,27);1H. The van der Waals surface area contributed by atoms with Crippen molar-refractivity contribution in [2.75, 3.05) is 13.7 Å². The first-order valence-corrected chi connectivity index (χ1v) is 9.16. The summed E-state index contributed by atoms with van der Waals surface area (Å²) >= 11 is 0. The van der Waals surface area contributed by atoms with Crippen molar-refractivity contribution < 1.29 is 22.3 Å². The van der Waals surface area contributed by atoms with Gasteiger partial charge in [0.25, 0.3) is 0 Å². The highest BCUT2D eigenvalue weighted by atomic mass is 127. The van der Waals surface area contributed by atoms with Gasteiger partial charge in [0, 0.05) is 19.2 Å². The van der Waals surface area contributed by atoms with E-state index >= 15 is 0 Å². The quantitative estimate of drug-likeness (QED) is 0.254. The Kier molecular flexibility index (Phi) is 9.16. The molecule has 2 aromatic carbocycles. The summed E-state index contributed by atoms with van der Waals surface area (Å²) < 4.78 is 46.8. The minimum Gasteiger partial charge on any atom is -0.484 e. The van der Waals surface area contributed by atoms with Gasteiger partial charge in [-0.3, -0.25) is 4.99 Å². The molecule has 31 heavy (non-hydrogen) atoms. The molecule has 10 heteroatoms. The van der Waals surface area contributed by atoms with E-state index in [2.05, 4.69) is 20.6 Å². The summed E-state index contributed by atoms with van der Waals surface area (Å²) in [6.45, 7) is -0.456. The Labute approximate surface area is 194 Å². The summed E-state index contributed by atoms with van der Waals surface area (Å²) in [5, 5.41) is 6.27. The van der Waals surface area contributed by atoms with Gasteiger partial charge >= 0.3 is 6.18 Å². The molecule has 3 rings (SSSR count). The maximum absolute atomic E-state index is 12.2. The van der Waals surface area contributed by atoms with E-state index in [9.17, 15) is 13.2 Å². The van der Waals surface area contributed by atoms with Crippen LogP contribution < -0.4 is 15.4 Å². The number of aromatic nitrogens is 1. The molecule has 0 amide bonds. The van der Waals surface area contributed by atoms with Gasteiger partial charge in [-0.15, -0.1) is 24.0 Å². The summed E-state index contributed by atoms with van der Waals surface area (Å²) in [7, 11) is 1.64. The molecule has 0 aliphatic rings. The Morgan fingerprint density at radius 1 is 1.03 bits per heavy atom. The van der Waals surface area contributed by atoms with Crippen LogP contribution in [-0.2, 0) is 13.1 Å². The molecular weight excluding hydrogens is 524 g/mol. The van der Waals surface area contributed by atoms with E-state index in [1.165, 1.54) is 12.1 Å². The van der Waals surface area contributed by atoms with Crippen molar-refractivity contribution in [1.82, 2.24) is 15.6 Å². The van der Waals surface area contributed by atoms with Gasteiger partial charge in [-0.1, -0.05) is 30.3 Å². The number of alkyl halides is 3. The summed E-state index contributed by atoms with van der Waals surface area (Å²) in [4.78, 5) is 8.59. The minimum absolute atomic E-state index is 0. The largest absolute Gasteiger partial charge is 0.484 e. The van der Waals surface area contributed by atoms with Crippen LogP contribution in [0.3, 0.4) is 0 Å². The molecule has 0 unspecified atom stereocenters. The molecule has 1 aromatic heterocycles. The highest BCUT2D eigenvalue weighted by Gasteiger charge is 2.28. The highest BCUT2D eigenvalue weighted by molar-refractivity contribution is 14.0. The third kappa shape index (κ3) is 8.12. The van der Waals surface area contributed by atoms with E-state index in [1.54, 1.807) is 25.4 Å². The number of ether oxygens (including phenoxy) is 1. The molecule has 0 saturated carbocycles. The fourth-order valence-corrected chi connectivity index (χ4v) is 2.55. The van der Waals surface area contributed by atoms with E-state index in [-0.39, 0.29) is 29.7 Å². The van der Waals surface area contributed by atoms with E-state index in [1.807, 2.05) is 30.3 Å². The molecule has 0 atom stereocenters. The van der Waals surface area contributed by atoms with Gasteiger partial charge in [-0.25, -0.2) is 4.98 Å². The molecule has 0 aliphatic carbocycles.